The minimum absolute atomic E-state index is 0.139. The van der Waals surface area contributed by atoms with E-state index in [9.17, 15) is 9.18 Å². The van der Waals surface area contributed by atoms with Crippen LogP contribution in [0.1, 0.15) is 23.7 Å². The number of amides is 1. The van der Waals surface area contributed by atoms with E-state index in [1.165, 1.54) is 18.2 Å². The minimum Gasteiger partial charge on any atom is -0.409 e. The molecule has 0 fully saturated rings. The molecule has 0 saturated carbocycles. The van der Waals surface area contributed by atoms with Crippen molar-refractivity contribution in [3.63, 3.8) is 0 Å². The van der Waals surface area contributed by atoms with E-state index in [0.29, 0.717) is 6.42 Å². The number of rotatable bonds is 4. The number of amidine groups is 1. The van der Waals surface area contributed by atoms with Gasteiger partial charge in [-0.15, -0.1) is 0 Å². The van der Waals surface area contributed by atoms with Gasteiger partial charge in [-0.1, -0.05) is 29.7 Å². The molecule has 0 heterocycles. The highest BCUT2D eigenvalue weighted by molar-refractivity contribution is 6.31. The number of oxime groups is 1. The van der Waals surface area contributed by atoms with Gasteiger partial charge in [0.05, 0.1) is 16.6 Å². The second-order valence-corrected chi connectivity index (χ2v) is 3.97. The van der Waals surface area contributed by atoms with Crippen LogP contribution in [0.15, 0.2) is 23.4 Å². The third-order valence-electron chi connectivity index (χ3n) is 2.38. The number of halogens is 2. The van der Waals surface area contributed by atoms with Crippen LogP contribution in [-0.2, 0) is 0 Å². The number of nitrogens with two attached hydrogens (primary N) is 1. The van der Waals surface area contributed by atoms with E-state index in [1.807, 2.05) is 0 Å². The van der Waals surface area contributed by atoms with E-state index in [0.717, 1.165) is 0 Å². The molecule has 0 bridgehead atoms. The van der Waals surface area contributed by atoms with E-state index < -0.39 is 17.8 Å². The highest BCUT2D eigenvalue weighted by atomic mass is 35.5. The van der Waals surface area contributed by atoms with Crippen LogP contribution in [0.2, 0.25) is 5.02 Å². The summed E-state index contributed by atoms with van der Waals surface area (Å²) < 4.78 is 13.6. The van der Waals surface area contributed by atoms with Gasteiger partial charge in [0.2, 0.25) is 0 Å². The van der Waals surface area contributed by atoms with Gasteiger partial charge >= 0.3 is 0 Å². The van der Waals surface area contributed by atoms with Crippen LogP contribution in [0, 0.1) is 5.82 Å². The summed E-state index contributed by atoms with van der Waals surface area (Å²) >= 11 is 5.57. The molecule has 0 aromatic heterocycles. The van der Waals surface area contributed by atoms with Gasteiger partial charge in [0.15, 0.2) is 11.7 Å². The van der Waals surface area contributed by atoms with Crippen molar-refractivity contribution in [1.82, 2.24) is 5.32 Å². The molecule has 1 amide bonds. The van der Waals surface area contributed by atoms with Crippen LogP contribution in [0.25, 0.3) is 0 Å². The summed E-state index contributed by atoms with van der Waals surface area (Å²) in [5.74, 6) is -1.62. The summed E-state index contributed by atoms with van der Waals surface area (Å²) in [6.07, 6.45) is 0.407. The molecule has 0 aliphatic carbocycles. The zero-order chi connectivity index (χ0) is 13.7. The normalized spacial score (nSPS) is 13.2. The zero-order valence-electron chi connectivity index (χ0n) is 9.65. The number of nitrogens with zero attached hydrogens (tertiary/aromatic N) is 1. The fraction of sp³-hybridized carbons (Fsp3) is 0.273. The summed E-state index contributed by atoms with van der Waals surface area (Å²) in [5.41, 5.74) is 5.20. The molecule has 7 heteroatoms. The number of benzene rings is 1. The molecule has 1 atom stereocenters. The molecule has 98 valence electrons. The van der Waals surface area contributed by atoms with Crippen LogP contribution in [-0.4, -0.2) is 23.0 Å². The highest BCUT2D eigenvalue weighted by Gasteiger charge is 2.19. The molecule has 1 unspecified atom stereocenters. The second kappa shape index (κ2) is 6.20. The Hall–Kier alpha value is -1.82. The van der Waals surface area contributed by atoms with Crippen LogP contribution in [0.5, 0.6) is 0 Å². The predicted octanol–water partition coefficient (Wildman–Crippen LogP) is 1.73. The van der Waals surface area contributed by atoms with Crippen molar-refractivity contribution in [3.8, 4) is 0 Å². The Labute approximate surface area is 108 Å². The summed E-state index contributed by atoms with van der Waals surface area (Å²) in [6, 6.07) is 3.44. The molecule has 1 aromatic carbocycles. The molecule has 0 aliphatic heterocycles. The summed E-state index contributed by atoms with van der Waals surface area (Å²) in [5, 5.41) is 13.7. The van der Waals surface area contributed by atoms with E-state index in [-0.39, 0.29) is 16.4 Å². The van der Waals surface area contributed by atoms with E-state index in [4.69, 9.17) is 22.5 Å². The maximum absolute atomic E-state index is 13.6. The van der Waals surface area contributed by atoms with Gasteiger partial charge in [0.1, 0.15) is 0 Å². The Bertz CT molecular complexity index is 479. The largest absolute Gasteiger partial charge is 0.409 e. The van der Waals surface area contributed by atoms with Crippen LogP contribution in [0.4, 0.5) is 4.39 Å². The van der Waals surface area contributed by atoms with Crippen molar-refractivity contribution in [3.05, 3.63) is 34.6 Å². The first-order valence-corrected chi connectivity index (χ1v) is 5.61. The number of carbonyl (C=O) groups is 1. The van der Waals surface area contributed by atoms with Crippen molar-refractivity contribution in [2.75, 3.05) is 0 Å². The Morgan fingerprint density at radius 3 is 2.89 bits per heavy atom. The summed E-state index contributed by atoms with van der Waals surface area (Å²) in [4.78, 5) is 11.8. The van der Waals surface area contributed by atoms with Gasteiger partial charge in [-0.3, -0.25) is 4.79 Å². The Morgan fingerprint density at radius 2 is 2.33 bits per heavy atom. The maximum atomic E-state index is 13.6. The molecule has 18 heavy (non-hydrogen) atoms. The molecule has 1 rings (SSSR count). The van der Waals surface area contributed by atoms with Gasteiger partial charge in [-0.05, 0) is 18.6 Å². The van der Waals surface area contributed by atoms with Gasteiger partial charge in [0, 0.05) is 0 Å². The van der Waals surface area contributed by atoms with E-state index in [2.05, 4.69) is 10.5 Å². The minimum atomic E-state index is -0.800. The van der Waals surface area contributed by atoms with Crippen molar-refractivity contribution in [2.24, 2.45) is 10.9 Å². The molecule has 1 aromatic rings. The van der Waals surface area contributed by atoms with Gasteiger partial charge < -0.3 is 16.3 Å². The highest BCUT2D eigenvalue weighted by Crippen LogP contribution is 2.17. The quantitative estimate of drug-likeness (QED) is 0.338. The topological polar surface area (TPSA) is 87.7 Å². The van der Waals surface area contributed by atoms with Gasteiger partial charge in [0.25, 0.3) is 5.91 Å². The number of nitrogens with one attached hydrogen (secondary N) is 1. The first-order chi connectivity index (χ1) is 8.51. The first-order valence-electron chi connectivity index (χ1n) is 5.23. The molecule has 0 aliphatic rings. The lowest BCUT2D eigenvalue weighted by molar-refractivity contribution is 0.0941. The number of carbonyl (C=O) groups excluding carboxylic acids is 1. The fourth-order valence-corrected chi connectivity index (χ4v) is 1.54. The Morgan fingerprint density at radius 1 is 1.67 bits per heavy atom. The molecule has 0 saturated heterocycles. The zero-order valence-corrected chi connectivity index (χ0v) is 10.4. The van der Waals surface area contributed by atoms with Crippen molar-refractivity contribution in [1.29, 1.82) is 0 Å². The lowest BCUT2D eigenvalue weighted by Crippen LogP contribution is -2.44. The van der Waals surface area contributed by atoms with Gasteiger partial charge in [-0.2, -0.15) is 0 Å². The van der Waals surface area contributed by atoms with E-state index in [1.54, 1.807) is 6.92 Å². The predicted molar refractivity (Wildman–Crippen MR) is 66.4 cm³/mol. The van der Waals surface area contributed by atoms with Crippen LogP contribution >= 0.6 is 11.6 Å². The maximum Gasteiger partial charge on any atom is 0.254 e. The van der Waals surface area contributed by atoms with Crippen molar-refractivity contribution in [2.45, 2.75) is 19.4 Å². The first kappa shape index (κ1) is 14.2. The lowest BCUT2D eigenvalue weighted by atomic mass is 10.1. The average Bonchev–Trinajstić information content (AvgIpc) is 2.37. The van der Waals surface area contributed by atoms with E-state index >= 15 is 0 Å². The third kappa shape index (κ3) is 3.10. The second-order valence-electron chi connectivity index (χ2n) is 3.56. The number of hydrogen-bond donors (Lipinski definition) is 3. The Kier molecular flexibility index (Phi) is 4.91. The van der Waals surface area contributed by atoms with Gasteiger partial charge in [-0.25, -0.2) is 4.39 Å². The average molecular weight is 274 g/mol. The molecule has 4 N–H and O–H groups in total. The number of hydrogen-bond acceptors (Lipinski definition) is 3. The van der Waals surface area contributed by atoms with Crippen LogP contribution in [0.3, 0.4) is 0 Å². The SMILES string of the molecule is CCC(NC(=O)c1cccc(Cl)c1F)/C(N)=N/O. The van der Waals surface area contributed by atoms with Crippen molar-refractivity contribution >= 4 is 23.3 Å². The molecule has 0 spiro atoms. The lowest BCUT2D eigenvalue weighted by Gasteiger charge is -2.15. The smallest absolute Gasteiger partial charge is 0.254 e. The molecular weight excluding hydrogens is 261 g/mol. The molecule has 5 nitrogen and oxygen atoms in total. The van der Waals surface area contributed by atoms with Crippen molar-refractivity contribution < 1.29 is 14.4 Å². The third-order valence-corrected chi connectivity index (χ3v) is 2.67. The Balaban J connectivity index is 2.91. The summed E-state index contributed by atoms with van der Waals surface area (Å²) in [7, 11) is 0. The van der Waals surface area contributed by atoms with Crippen LogP contribution < -0.4 is 11.1 Å². The monoisotopic (exact) mass is 273 g/mol. The standard InChI is InChI=1S/C11H13ClFN3O2/c1-2-8(10(14)16-18)15-11(17)6-4-3-5-7(12)9(6)13/h3-5,8,18H,2H2,1H3,(H2,14,16)(H,15,17). The molecule has 0 radical (unpaired) electrons. The molecular formula is C11H13ClFN3O2. The summed E-state index contributed by atoms with van der Waals surface area (Å²) in [6.45, 7) is 1.73. The fourth-order valence-electron chi connectivity index (χ4n) is 1.37.